The van der Waals surface area contributed by atoms with E-state index in [2.05, 4.69) is 4.89 Å². The van der Waals surface area contributed by atoms with Crippen molar-refractivity contribution >= 4 is 0 Å². The average molecular weight is 184 g/mol. The van der Waals surface area contributed by atoms with Crippen molar-refractivity contribution in [1.29, 1.82) is 0 Å². The Bertz CT molecular complexity index is 308. The predicted octanol–water partition coefficient (Wildman–Crippen LogP) is 3.11. The highest BCUT2D eigenvalue weighted by Crippen LogP contribution is 2.28. The Balaban J connectivity index is 3.25. The van der Waals surface area contributed by atoms with Gasteiger partial charge in [-0.1, -0.05) is 13.8 Å². The van der Waals surface area contributed by atoms with Gasteiger partial charge in [0.2, 0.25) is 0 Å². The Morgan fingerprint density at radius 1 is 1.38 bits per heavy atom. The van der Waals surface area contributed by atoms with Crippen LogP contribution in [0.1, 0.15) is 30.9 Å². The van der Waals surface area contributed by atoms with Crippen LogP contribution in [0.15, 0.2) is 12.1 Å². The molecule has 0 aliphatic carbocycles. The second kappa shape index (κ2) is 3.75. The molecule has 0 aromatic heterocycles. The maximum absolute atomic E-state index is 13.1. The molecule has 13 heavy (non-hydrogen) atoms. The highest BCUT2D eigenvalue weighted by molar-refractivity contribution is 5.39. The highest BCUT2D eigenvalue weighted by atomic mass is 19.1. The van der Waals surface area contributed by atoms with Gasteiger partial charge < -0.3 is 4.89 Å². The van der Waals surface area contributed by atoms with E-state index in [1.54, 1.807) is 6.92 Å². The van der Waals surface area contributed by atoms with Gasteiger partial charge in [-0.15, -0.1) is 0 Å². The molecule has 1 aromatic carbocycles. The number of hydrogen-bond donors (Lipinski definition) is 1. The van der Waals surface area contributed by atoms with Gasteiger partial charge in [0, 0.05) is 5.56 Å². The molecule has 0 radical (unpaired) electrons. The third-order valence-corrected chi connectivity index (χ3v) is 2.01. The first kappa shape index (κ1) is 9.99. The molecule has 0 unspecified atom stereocenters. The summed E-state index contributed by atoms with van der Waals surface area (Å²) in [5.41, 5.74) is 1.14. The second-order valence-corrected chi connectivity index (χ2v) is 3.39. The van der Waals surface area contributed by atoms with Crippen LogP contribution in [0.2, 0.25) is 0 Å². The van der Waals surface area contributed by atoms with Gasteiger partial charge in [-0.2, -0.15) is 0 Å². The molecule has 3 heteroatoms. The minimum Gasteiger partial charge on any atom is -0.340 e. The lowest BCUT2D eigenvalue weighted by Crippen LogP contribution is -1.97. The van der Waals surface area contributed by atoms with Gasteiger partial charge in [0.25, 0.3) is 0 Å². The Hall–Kier alpha value is -1.09. The van der Waals surface area contributed by atoms with E-state index in [0.29, 0.717) is 16.9 Å². The van der Waals surface area contributed by atoms with Gasteiger partial charge in [0.15, 0.2) is 5.75 Å². The lowest BCUT2D eigenvalue weighted by molar-refractivity contribution is -0.138. The third kappa shape index (κ3) is 1.98. The molecule has 0 aliphatic rings. The standard InChI is InChI=1S/C10H13FO2/c1-6(2)8-5-9(11)7(3)4-10(8)13-12/h4-6,12H,1-3H3. The van der Waals surface area contributed by atoms with Crippen molar-refractivity contribution < 1.29 is 14.5 Å². The molecule has 0 amide bonds. The van der Waals surface area contributed by atoms with E-state index in [0.717, 1.165) is 0 Å². The zero-order valence-electron chi connectivity index (χ0n) is 7.97. The van der Waals surface area contributed by atoms with Crippen molar-refractivity contribution in [2.75, 3.05) is 0 Å². The fraction of sp³-hybridized carbons (Fsp3) is 0.400. The summed E-state index contributed by atoms with van der Waals surface area (Å²) in [4.78, 5) is 4.18. The molecule has 0 saturated heterocycles. The summed E-state index contributed by atoms with van der Waals surface area (Å²) in [6, 6.07) is 2.89. The quantitative estimate of drug-likeness (QED) is 0.565. The van der Waals surface area contributed by atoms with Crippen molar-refractivity contribution in [1.82, 2.24) is 0 Å². The summed E-state index contributed by atoms with van der Waals surface area (Å²) in [6.45, 7) is 5.45. The third-order valence-electron chi connectivity index (χ3n) is 2.01. The average Bonchev–Trinajstić information content (AvgIpc) is 2.08. The Morgan fingerprint density at radius 3 is 2.46 bits per heavy atom. The summed E-state index contributed by atoms with van der Waals surface area (Å²) in [6.07, 6.45) is 0. The Morgan fingerprint density at radius 2 is 2.00 bits per heavy atom. The van der Waals surface area contributed by atoms with Crippen LogP contribution < -0.4 is 4.89 Å². The van der Waals surface area contributed by atoms with Crippen molar-refractivity contribution in [3.8, 4) is 5.75 Å². The fourth-order valence-electron chi connectivity index (χ4n) is 1.20. The molecule has 0 atom stereocenters. The van der Waals surface area contributed by atoms with Crippen LogP contribution in [0.5, 0.6) is 5.75 Å². The number of aryl methyl sites for hydroxylation is 1. The second-order valence-electron chi connectivity index (χ2n) is 3.39. The van der Waals surface area contributed by atoms with Crippen LogP contribution in [0.25, 0.3) is 0 Å². The minimum atomic E-state index is -0.274. The number of rotatable bonds is 2. The maximum Gasteiger partial charge on any atom is 0.169 e. The van der Waals surface area contributed by atoms with E-state index in [4.69, 9.17) is 5.26 Å². The van der Waals surface area contributed by atoms with E-state index in [-0.39, 0.29) is 11.7 Å². The minimum absolute atomic E-state index is 0.122. The van der Waals surface area contributed by atoms with E-state index < -0.39 is 0 Å². The van der Waals surface area contributed by atoms with Gasteiger partial charge in [0.05, 0.1) is 0 Å². The topological polar surface area (TPSA) is 29.5 Å². The van der Waals surface area contributed by atoms with Gasteiger partial charge in [0.1, 0.15) is 5.82 Å². The molecule has 1 aromatic rings. The Labute approximate surface area is 76.9 Å². The summed E-state index contributed by atoms with van der Waals surface area (Å²) >= 11 is 0. The Kier molecular flexibility index (Phi) is 2.88. The lowest BCUT2D eigenvalue weighted by Gasteiger charge is -2.10. The van der Waals surface area contributed by atoms with Gasteiger partial charge >= 0.3 is 0 Å². The molecule has 0 bridgehead atoms. The summed E-state index contributed by atoms with van der Waals surface area (Å²) in [7, 11) is 0. The summed E-state index contributed by atoms with van der Waals surface area (Å²) in [5, 5.41) is 8.56. The van der Waals surface area contributed by atoms with Crippen molar-refractivity contribution in [3.05, 3.63) is 29.1 Å². The molecule has 72 valence electrons. The molecule has 0 saturated carbocycles. The molecule has 0 aliphatic heterocycles. The fourth-order valence-corrected chi connectivity index (χ4v) is 1.20. The molecule has 1 N–H and O–H groups in total. The highest BCUT2D eigenvalue weighted by Gasteiger charge is 2.11. The SMILES string of the molecule is Cc1cc(OO)c(C(C)C)cc1F. The van der Waals surface area contributed by atoms with Gasteiger partial charge in [-0.25, -0.2) is 9.65 Å². The number of hydrogen-bond acceptors (Lipinski definition) is 2. The molecular formula is C10H13FO2. The summed E-state index contributed by atoms with van der Waals surface area (Å²) in [5.74, 6) is 0.177. The van der Waals surface area contributed by atoms with Crippen molar-refractivity contribution in [2.24, 2.45) is 0 Å². The van der Waals surface area contributed by atoms with Crippen molar-refractivity contribution in [2.45, 2.75) is 26.7 Å². The maximum atomic E-state index is 13.1. The zero-order valence-corrected chi connectivity index (χ0v) is 7.97. The normalized spacial score (nSPS) is 10.6. The smallest absolute Gasteiger partial charge is 0.169 e. The van der Waals surface area contributed by atoms with E-state index in [9.17, 15) is 4.39 Å². The predicted molar refractivity (Wildman–Crippen MR) is 48.5 cm³/mol. The molecule has 2 nitrogen and oxygen atoms in total. The zero-order chi connectivity index (χ0) is 10.0. The van der Waals surface area contributed by atoms with Crippen molar-refractivity contribution in [3.63, 3.8) is 0 Å². The van der Waals surface area contributed by atoms with Crippen LogP contribution in [0.3, 0.4) is 0 Å². The van der Waals surface area contributed by atoms with E-state index >= 15 is 0 Å². The first-order valence-corrected chi connectivity index (χ1v) is 4.17. The molecule has 0 fully saturated rings. The van der Waals surface area contributed by atoms with E-state index in [1.807, 2.05) is 13.8 Å². The number of benzene rings is 1. The van der Waals surface area contributed by atoms with Gasteiger partial charge in [-0.3, -0.25) is 0 Å². The largest absolute Gasteiger partial charge is 0.340 e. The van der Waals surface area contributed by atoms with Crippen LogP contribution in [0.4, 0.5) is 4.39 Å². The van der Waals surface area contributed by atoms with Crippen LogP contribution >= 0.6 is 0 Å². The summed E-state index contributed by atoms with van der Waals surface area (Å²) < 4.78 is 13.1. The molecule has 1 rings (SSSR count). The molecule has 0 spiro atoms. The van der Waals surface area contributed by atoms with E-state index in [1.165, 1.54) is 12.1 Å². The first-order chi connectivity index (χ1) is 6.06. The first-order valence-electron chi connectivity index (χ1n) is 4.17. The monoisotopic (exact) mass is 184 g/mol. The number of halogens is 1. The van der Waals surface area contributed by atoms with Crippen LogP contribution in [-0.4, -0.2) is 5.26 Å². The van der Waals surface area contributed by atoms with Crippen LogP contribution in [-0.2, 0) is 0 Å². The molecular weight excluding hydrogens is 171 g/mol. The van der Waals surface area contributed by atoms with Crippen LogP contribution in [0, 0.1) is 12.7 Å². The van der Waals surface area contributed by atoms with Gasteiger partial charge in [-0.05, 0) is 30.5 Å². The lowest BCUT2D eigenvalue weighted by atomic mass is 10.0. The molecule has 0 heterocycles.